The second-order valence-electron chi connectivity index (χ2n) is 6.48. The van der Waals surface area contributed by atoms with Gasteiger partial charge >= 0.3 is 6.03 Å². The van der Waals surface area contributed by atoms with Gasteiger partial charge in [-0.2, -0.15) is 0 Å². The summed E-state index contributed by atoms with van der Waals surface area (Å²) < 4.78 is 0. The van der Waals surface area contributed by atoms with Gasteiger partial charge < -0.3 is 15.5 Å². The molecule has 0 bridgehead atoms. The summed E-state index contributed by atoms with van der Waals surface area (Å²) in [5, 5.41) is 6.77. The summed E-state index contributed by atoms with van der Waals surface area (Å²) in [4.78, 5) is 14.0. The Morgan fingerprint density at radius 3 is 2.63 bits per heavy atom. The van der Waals surface area contributed by atoms with Crippen LogP contribution in [0.15, 0.2) is 0 Å². The normalized spacial score (nSPS) is 32.8. The molecule has 2 unspecified atom stereocenters. The van der Waals surface area contributed by atoms with Crippen LogP contribution in [-0.4, -0.2) is 42.6 Å². The van der Waals surface area contributed by atoms with Crippen molar-refractivity contribution in [3.63, 3.8) is 0 Å². The number of hydrogen-bond donors (Lipinski definition) is 2. The molecule has 2 N–H and O–H groups in total. The standard InChI is InChI=1S/C15H27N3O/c19-15-17-14(12-5-1-2-6-12)11-18(15)10-8-13-7-3-4-9-16-13/h12-14,16H,1-11H2,(H,17,19). The number of carbonyl (C=O) groups is 1. The van der Waals surface area contributed by atoms with E-state index in [4.69, 9.17) is 0 Å². The Balaban J connectivity index is 1.44. The van der Waals surface area contributed by atoms with E-state index in [0.29, 0.717) is 12.1 Å². The molecule has 2 amide bonds. The minimum atomic E-state index is 0.174. The first kappa shape index (κ1) is 13.2. The van der Waals surface area contributed by atoms with Crippen LogP contribution in [0.4, 0.5) is 4.79 Å². The maximum absolute atomic E-state index is 12.0. The lowest BCUT2D eigenvalue weighted by Gasteiger charge is -2.25. The van der Waals surface area contributed by atoms with Crippen molar-refractivity contribution in [1.82, 2.24) is 15.5 Å². The highest BCUT2D eigenvalue weighted by atomic mass is 16.2. The van der Waals surface area contributed by atoms with Crippen LogP contribution in [0.25, 0.3) is 0 Å². The van der Waals surface area contributed by atoms with Gasteiger partial charge in [0, 0.05) is 19.1 Å². The van der Waals surface area contributed by atoms with Gasteiger partial charge in [0.2, 0.25) is 0 Å². The molecule has 2 heterocycles. The van der Waals surface area contributed by atoms with E-state index in [-0.39, 0.29) is 6.03 Å². The van der Waals surface area contributed by atoms with Gasteiger partial charge in [-0.1, -0.05) is 19.3 Å². The monoisotopic (exact) mass is 265 g/mol. The largest absolute Gasteiger partial charge is 0.333 e. The second kappa shape index (κ2) is 6.12. The number of carbonyl (C=O) groups excluding carboxylic acids is 1. The minimum absolute atomic E-state index is 0.174. The molecule has 0 spiro atoms. The predicted octanol–water partition coefficient (Wildman–Crippen LogP) is 2.10. The summed E-state index contributed by atoms with van der Waals surface area (Å²) in [6, 6.07) is 1.23. The van der Waals surface area contributed by atoms with E-state index < -0.39 is 0 Å². The molecule has 108 valence electrons. The molecule has 2 saturated heterocycles. The van der Waals surface area contributed by atoms with Crippen molar-refractivity contribution in [3.05, 3.63) is 0 Å². The van der Waals surface area contributed by atoms with E-state index in [1.54, 1.807) is 0 Å². The molecule has 1 saturated carbocycles. The molecular weight excluding hydrogens is 238 g/mol. The first-order valence-electron chi connectivity index (χ1n) is 8.12. The van der Waals surface area contributed by atoms with Gasteiger partial charge in [-0.05, 0) is 44.6 Å². The third kappa shape index (κ3) is 3.22. The summed E-state index contributed by atoms with van der Waals surface area (Å²) in [6.45, 7) is 3.02. The molecule has 0 aromatic rings. The molecule has 2 aliphatic heterocycles. The van der Waals surface area contributed by atoms with Crippen LogP contribution in [0, 0.1) is 5.92 Å². The van der Waals surface area contributed by atoms with Gasteiger partial charge in [0.15, 0.2) is 0 Å². The number of hydrogen-bond acceptors (Lipinski definition) is 2. The van der Waals surface area contributed by atoms with E-state index in [2.05, 4.69) is 10.6 Å². The van der Waals surface area contributed by atoms with E-state index in [0.717, 1.165) is 32.0 Å². The average Bonchev–Trinajstić information content (AvgIpc) is 3.07. The van der Waals surface area contributed by atoms with Crippen molar-refractivity contribution in [2.24, 2.45) is 5.92 Å². The first-order valence-corrected chi connectivity index (χ1v) is 8.12. The molecule has 0 aromatic heterocycles. The van der Waals surface area contributed by atoms with Gasteiger partial charge in [0.1, 0.15) is 0 Å². The lowest BCUT2D eigenvalue weighted by atomic mass is 9.98. The Bertz CT molecular complexity index is 309. The van der Waals surface area contributed by atoms with Crippen LogP contribution in [0.3, 0.4) is 0 Å². The fourth-order valence-corrected chi connectivity index (χ4v) is 3.92. The Morgan fingerprint density at radius 1 is 1.11 bits per heavy atom. The molecule has 0 radical (unpaired) electrons. The lowest BCUT2D eigenvalue weighted by molar-refractivity contribution is 0.213. The Morgan fingerprint density at radius 2 is 1.89 bits per heavy atom. The van der Waals surface area contributed by atoms with Gasteiger partial charge in [0.05, 0.1) is 6.04 Å². The van der Waals surface area contributed by atoms with E-state index in [1.165, 1.54) is 44.9 Å². The molecule has 3 rings (SSSR count). The number of nitrogens with one attached hydrogen (secondary N) is 2. The molecule has 1 aliphatic carbocycles. The maximum Gasteiger partial charge on any atom is 0.317 e. The molecule has 2 atom stereocenters. The van der Waals surface area contributed by atoms with Crippen molar-refractivity contribution < 1.29 is 4.79 Å². The highest BCUT2D eigenvalue weighted by Gasteiger charge is 2.35. The van der Waals surface area contributed by atoms with Gasteiger partial charge in [-0.25, -0.2) is 4.79 Å². The molecule has 3 fully saturated rings. The molecule has 3 aliphatic rings. The van der Waals surface area contributed by atoms with Crippen LogP contribution in [0.1, 0.15) is 51.4 Å². The Kier molecular flexibility index (Phi) is 4.26. The Hall–Kier alpha value is -0.770. The number of urea groups is 1. The van der Waals surface area contributed by atoms with Crippen molar-refractivity contribution in [1.29, 1.82) is 0 Å². The average molecular weight is 265 g/mol. The second-order valence-corrected chi connectivity index (χ2v) is 6.48. The van der Waals surface area contributed by atoms with Crippen LogP contribution in [0.2, 0.25) is 0 Å². The third-order valence-electron chi connectivity index (χ3n) is 5.14. The predicted molar refractivity (Wildman–Crippen MR) is 76.1 cm³/mol. The summed E-state index contributed by atoms with van der Waals surface area (Å²) in [7, 11) is 0. The van der Waals surface area contributed by atoms with E-state index in [9.17, 15) is 4.79 Å². The smallest absolute Gasteiger partial charge is 0.317 e. The topological polar surface area (TPSA) is 44.4 Å². The van der Waals surface area contributed by atoms with Crippen LogP contribution in [0.5, 0.6) is 0 Å². The summed E-state index contributed by atoms with van der Waals surface area (Å²) in [5.74, 6) is 0.738. The third-order valence-corrected chi connectivity index (χ3v) is 5.14. The van der Waals surface area contributed by atoms with Crippen molar-refractivity contribution in [2.75, 3.05) is 19.6 Å². The summed E-state index contributed by atoms with van der Waals surface area (Å²) in [6.07, 6.45) is 10.4. The van der Waals surface area contributed by atoms with Gasteiger partial charge in [-0.3, -0.25) is 0 Å². The summed E-state index contributed by atoms with van der Waals surface area (Å²) >= 11 is 0. The maximum atomic E-state index is 12.0. The number of amides is 2. The Labute approximate surface area is 116 Å². The molecule has 4 heteroatoms. The van der Waals surface area contributed by atoms with Gasteiger partial charge in [-0.15, -0.1) is 0 Å². The zero-order valence-electron chi connectivity index (χ0n) is 11.9. The van der Waals surface area contributed by atoms with Crippen LogP contribution >= 0.6 is 0 Å². The highest BCUT2D eigenvalue weighted by molar-refractivity contribution is 5.76. The fourth-order valence-electron chi connectivity index (χ4n) is 3.92. The molecule has 19 heavy (non-hydrogen) atoms. The van der Waals surface area contributed by atoms with E-state index in [1.807, 2.05) is 4.90 Å². The molecule has 0 aromatic carbocycles. The van der Waals surface area contributed by atoms with Crippen molar-refractivity contribution in [2.45, 2.75) is 63.5 Å². The lowest BCUT2D eigenvalue weighted by Crippen LogP contribution is -2.38. The first-order chi connectivity index (χ1) is 9.33. The highest BCUT2D eigenvalue weighted by Crippen LogP contribution is 2.30. The zero-order valence-corrected chi connectivity index (χ0v) is 11.9. The zero-order chi connectivity index (χ0) is 13.1. The minimum Gasteiger partial charge on any atom is -0.333 e. The summed E-state index contributed by atoms with van der Waals surface area (Å²) in [5.41, 5.74) is 0. The fraction of sp³-hybridized carbons (Fsp3) is 0.933. The number of rotatable bonds is 4. The molecule has 4 nitrogen and oxygen atoms in total. The molecular formula is C15H27N3O. The van der Waals surface area contributed by atoms with Crippen LogP contribution in [-0.2, 0) is 0 Å². The van der Waals surface area contributed by atoms with Gasteiger partial charge in [0.25, 0.3) is 0 Å². The number of piperidine rings is 1. The number of nitrogens with zero attached hydrogens (tertiary/aromatic N) is 1. The SMILES string of the molecule is O=C1NC(C2CCCC2)CN1CCC1CCCCN1. The van der Waals surface area contributed by atoms with Crippen molar-refractivity contribution in [3.8, 4) is 0 Å². The van der Waals surface area contributed by atoms with Crippen molar-refractivity contribution >= 4 is 6.03 Å². The quantitative estimate of drug-likeness (QED) is 0.817. The van der Waals surface area contributed by atoms with E-state index >= 15 is 0 Å². The van der Waals surface area contributed by atoms with Crippen LogP contribution < -0.4 is 10.6 Å².